The number of esters is 1. The molecule has 0 unspecified atom stereocenters. The summed E-state index contributed by atoms with van der Waals surface area (Å²) in [6, 6.07) is 11.8. The Balaban J connectivity index is 1.80. The average Bonchev–Trinajstić information content (AvgIpc) is 3.04. The summed E-state index contributed by atoms with van der Waals surface area (Å²) >= 11 is 0. The quantitative estimate of drug-likeness (QED) is 0.675. The van der Waals surface area contributed by atoms with Crippen LogP contribution in [0, 0.1) is 11.3 Å². The average molecular weight is 296 g/mol. The number of anilines is 1. The SMILES string of the molecule is N#Cc1cccc(NC(=O)COC(=O)/C=C/c2ccco2)c1. The number of rotatable bonds is 5. The molecule has 0 fully saturated rings. The monoisotopic (exact) mass is 296 g/mol. The van der Waals surface area contributed by atoms with Crippen LogP contribution in [0.5, 0.6) is 0 Å². The van der Waals surface area contributed by atoms with Crippen LogP contribution in [0.2, 0.25) is 0 Å². The molecular weight excluding hydrogens is 284 g/mol. The molecule has 0 aliphatic carbocycles. The van der Waals surface area contributed by atoms with Gasteiger partial charge in [-0.1, -0.05) is 6.07 Å². The van der Waals surface area contributed by atoms with E-state index in [9.17, 15) is 9.59 Å². The van der Waals surface area contributed by atoms with E-state index in [0.717, 1.165) is 0 Å². The van der Waals surface area contributed by atoms with Crippen LogP contribution in [0.15, 0.2) is 53.2 Å². The number of benzene rings is 1. The van der Waals surface area contributed by atoms with Gasteiger partial charge in [0, 0.05) is 11.8 Å². The number of hydrogen-bond acceptors (Lipinski definition) is 5. The van der Waals surface area contributed by atoms with Crippen LogP contribution in [0.25, 0.3) is 6.08 Å². The van der Waals surface area contributed by atoms with Gasteiger partial charge in [0.15, 0.2) is 6.61 Å². The highest BCUT2D eigenvalue weighted by atomic mass is 16.5. The van der Waals surface area contributed by atoms with E-state index in [0.29, 0.717) is 17.0 Å². The highest BCUT2D eigenvalue weighted by Crippen LogP contribution is 2.09. The number of ether oxygens (including phenoxy) is 1. The molecular formula is C16H12N2O4. The first-order chi connectivity index (χ1) is 10.7. The van der Waals surface area contributed by atoms with Gasteiger partial charge in [0.25, 0.3) is 5.91 Å². The Labute approximate surface area is 126 Å². The number of carbonyl (C=O) groups excluding carboxylic acids is 2. The fourth-order valence-corrected chi connectivity index (χ4v) is 1.58. The molecule has 0 radical (unpaired) electrons. The molecule has 2 rings (SSSR count). The first-order valence-corrected chi connectivity index (χ1v) is 6.36. The lowest BCUT2D eigenvalue weighted by atomic mass is 10.2. The summed E-state index contributed by atoms with van der Waals surface area (Å²) in [5.41, 5.74) is 0.891. The topological polar surface area (TPSA) is 92.3 Å². The van der Waals surface area contributed by atoms with Gasteiger partial charge in [-0.3, -0.25) is 4.79 Å². The summed E-state index contributed by atoms with van der Waals surface area (Å²) in [6.45, 7) is -0.419. The van der Waals surface area contributed by atoms with Gasteiger partial charge in [-0.25, -0.2) is 4.79 Å². The first-order valence-electron chi connectivity index (χ1n) is 6.36. The van der Waals surface area contributed by atoms with Crippen molar-refractivity contribution in [1.29, 1.82) is 5.26 Å². The predicted octanol–water partition coefficient (Wildman–Crippen LogP) is 2.35. The minimum absolute atomic E-state index is 0.419. The molecule has 1 heterocycles. The minimum atomic E-state index is -0.655. The fourth-order valence-electron chi connectivity index (χ4n) is 1.58. The van der Waals surface area contributed by atoms with E-state index in [-0.39, 0.29) is 0 Å². The summed E-state index contributed by atoms with van der Waals surface area (Å²) in [6.07, 6.45) is 4.09. The fraction of sp³-hybridized carbons (Fsp3) is 0.0625. The number of furan rings is 1. The lowest BCUT2D eigenvalue weighted by molar-refractivity contribution is -0.142. The molecule has 1 N–H and O–H groups in total. The zero-order valence-corrected chi connectivity index (χ0v) is 11.5. The molecule has 1 amide bonds. The maximum absolute atomic E-state index is 11.6. The number of carbonyl (C=O) groups is 2. The summed E-state index contributed by atoms with van der Waals surface area (Å²) < 4.78 is 9.80. The van der Waals surface area contributed by atoms with E-state index in [4.69, 9.17) is 14.4 Å². The van der Waals surface area contributed by atoms with Crippen LogP contribution in [-0.2, 0) is 14.3 Å². The van der Waals surface area contributed by atoms with Crippen molar-refractivity contribution in [2.45, 2.75) is 0 Å². The summed E-state index contributed by atoms with van der Waals surface area (Å²) in [5, 5.41) is 11.3. The van der Waals surface area contributed by atoms with Gasteiger partial charge in [0.2, 0.25) is 0 Å². The van der Waals surface area contributed by atoms with Crippen LogP contribution >= 0.6 is 0 Å². The zero-order chi connectivity index (χ0) is 15.8. The number of nitrogens with zero attached hydrogens (tertiary/aromatic N) is 1. The van der Waals surface area contributed by atoms with Gasteiger partial charge < -0.3 is 14.5 Å². The van der Waals surface area contributed by atoms with E-state index in [1.807, 2.05) is 6.07 Å². The van der Waals surface area contributed by atoms with Crippen LogP contribution in [-0.4, -0.2) is 18.5 Å². The van der Waals surface area contributed by atoms with Gasteiger partial charge >= 0.3 is 5.97 Å². The molecule has 0 bridgehead atoms. The van der Waals surface area contributed by atoms with Crippen LogP contribution in [0.3, 0.4) is 0 Å². The van der Waals surface area contributed by atoms with E-state index < -0.39 is 18.5 Å². The van der Waals surface area contributed by atoms with E-state index in [1.54, 1.807) is 30.3 Å². The molecule has 0 aliphatic rings. The summed E-state index contributed by atoms with van der Waals surface area (Å²) in [5.74, 6) is -0.637. The number of hydrogen-bond donors (Lipinski definition) is 1. The number of nitriles is 1. The van der Waals surface area contributed by atoms with Crippen molar-refractivity contribution in [2.24, 2.45) is 0 Å². The molecule has 0 aliphatic heterocycles. The molecule has 0 saturated carbocycles. The zero-order valence-electron chi connectivity index (χ0n) is 11.5. The predicted molar refractivity (Wildman–Crippen MR) is 78.5 cm³/mol. The molecule has 110 valence electrons. The Hall–Kier alpha value is -3.33. The van der Waals surface area contributed by atoms with Gasteiger partial charge in [0.05, 0.1) is 17.9 Å². The maximum Gasteiger partial charge on any atom is 0.331 e. The summed E-state index contributed by atoms with van der Waals surface area (Å²) in [4.78, 5) is 23.1. The molecule has 0 saturated heterocycles. The third-order valence-corrected chi connectivity index (χ3v) is 2.55. The Morgan fingerprint density at radius 3 is 2.91 bits per heavy atom. The van der Waals surface area contributed by atoms with Crippen molar-refractivity contribution in [2.75, 3.05) is 11.9 Å². The van der Waals surface area contributed by atoms with Crippen molar-refractivity contribution in [1.82, 2.24) is 0 Å². The second-order valence-corrected chi connectivity index (χ2v) is 4.20. The van der Waals surface area contributed by atoms with Gasteiger partial charge in [-0.15, -0.1) is 0 Å². The van der Waals surface area contributed by atoms with Crippen molar-refractivity contribution < 1.29 is 18.7 Å². The molecule has 6 heteroatoms. The standard InChI is InChI=1S/C16H12N2O4/c17-10-12-3-1-4-13(9-12)18-15(19)11-22-16(20)7-6-14-5-2-8-21-14/h1-9H,11H2,(H,18,19)/b7-6+. The molecule has 0 atom stereocenters. The Morgan fingerprint density at radius 1 is 1.32 bits per heavy atom. The van der Waals surface area contributed by atoms with E-state index >= 15 is 0 Å². The smallest absolute Gasteiger partial charge is 0.331 e. The molecule has 1 aromatic carbocycles. The third-order valence-electron chi connectivity index (χ3n) is 2.55. The van der Waals surface area contributed by atoms with Crippen LogP contribution in [0.4, 0.5) is 5.69 Å². The maximum atomic E-state index is 11.6. The Bertz CT molecular complexity index is 727. The van der Waals surface area contributed by atoms with Crippen molar-refractivity contribution in [3.8, 4) is 6.07 Å². The second kappa shape index (κ2) is 7.45. The number of nitrogens with one attached hydrogen (secondary N) is 1. The van der Waals surface area contributed by atoms with Gasteiger partial charge in [-0.05, 0) is 36.4 Å². The van der Waals surface area contributed by atoms with Gasteiger partial charge in [0.1, 0.15) is 5.76 Å². The molecule has 6 nitrogen and oxygen atoms in total. The molecule has 2 aromatic rings. The molecule has 0 spiro atoms. The second-order valence-electron chi connectivity index (χ2n) is 4.20. The Kier molecular flexibility index (Phi) is 5.10. The molecule has 22 heavy (non-hydrogen) atoms. The van der Waals surface area contributed by atoms with Crippen LogP contribution < -0.4 is 5.32 Å². The Morgan fingerprint density at radius 2 is 2.18 bits per heavy atom. The lowest BCUT2D eigenvalue weighted by Gasteiger charge is -2.05. The highest BCUT2D eigenvalue weighted by Gasteiger charge is 2.06. The van der Waals surface area contributed by atoms with Gasteiger partial charge in [-0.2, -0.15) is 5.26 Å². The minimum Gasteiger partial charge on any atom is -0.465 e. The largest absolute Gasteiger partial charge is 0.465 e. The van der Waals surface area contributed by atoms with Crippen molar-refractivity contribution >= 4 is 23.6 Å². The van der Waals surface area contributed by atoms with Crippen molar-refractivity contribution in [3.05, 3.63) is 60.1 Å². The lowest BCUT2D eigenvalue weighted by Crippen LogP contribution is -2.20. The normalized spacial score (nSPS) is 10.1. The third kappa shape index (κ3) is 4.65. The van der Waals surface area contributed by atoms with E-state index in [2.05, 4.69) is 5.32 Å². The highest BCUT2D eigenvalue weighted by molar-refractivity contribution is 5.94. The number of amides is 1. The first kappa shape index (κ1) is 15.1. The van der Waals surface area contributed by atoms with Crippen molar-refractivity contribution in [3.63, 3.8) is 0 Å². The summed E-state index contributed by atoms with van der Waals surface area (Å²) in [7, 11) is 0. The molecule has 1 aromatic heterocycles. The van der Waals surface area contributed by atoms with E-state index in [1.165, 1.54) is 24.5 Å². The van der Waals surface area contributed by atoms with Crippen LogP contribution in [0.1, 0.15) is 11.3 Å².